The van der Waals surface area contributed by atoms with E-state index in [0.29, 0.717) is 13.1 Å². The summed E-state index contributed by atoms with van der Waals surface area (Å²) < 4.78 is 2.01. The number of thioether (sulfide) groups is 1. The molecular formula is C12H16N4OS. The van der Waals surface area contributed by atoms with Gasteiger partial charge in [-0.3, -0.25) is 9.38 Å². The first-order valence-electron chi connectivity index (χ1n) is 6.04. The highest BCUT2D eigenvalue weighted by atomic mass is 32.2. The third-order valence-corrected chi connectivity index (χ3v) is 4.47. The smallest absolute Gasteiger partial charge is 0.155 e. The summed E-state index contributed by atoms with van der Waals surface area (Å²) in [4.78, 5) is 8.31. The monoisotopic (exact) mass is 264 g/mol. The molecule has 0 aromatic carbocycles. The van der Waals surface area contributed by atoms with Crippen molar-refractivity contribution in [3.63, 3.8) is 0 Å². The Morgan fingerprint density at radius 2 is 2.44 bits per heavy atom. The summed E-state index contributed by atoms with van der Waals surface area (Å²) in [5.74, 6) is 1.89. The van der Waals surface area contributed by atoms with E-state index in [1.807, 2.05) is 28.6 Å². The van der Waals surface area contributed by atoms with Crippen LogP contribution in [0.15, 0.2) is 24.8 Å². The normalized spacial score (nSPS) is 23.8. The summed E-state index contributed by atoms with van der Waals surface area (Å²) in [6.45, 7) is 1.34. The van der Waals surface area contributed by atoms with Gasteiger partial charge < -0.3 is 10.4 Å². The van der Waals surface area contributed by atoms with Crippen LogP contribution < -0.4 is 5.32 Å². The summed E-state index contributed by atoms with van der Waals surface area (Å²) >= 11 is 1.82. The lowest BCUT2D eigenvalue weighted by atomic mass is 10.0. The van der Waals surface area contributed by atoms with Crippen LogP contribution in [-0.4, -0.2) is 43.1 Å². The van der Waals surface area contributed by atoms with E-state index >= 15 is 0 Å². The third kappa shape index (κ3) is 2.36. The highest BCUT2D eigenvalue weighted by Crippen LogP contribution is 2.26. The Kier molecular flexibility index (Phi) is 3.23. The summed E-state index contributed by atoms with van der Waals surface area (Å²) in [5, 5.41) is 13.5. The molecule has 1 saturated heterocycles. The largest absolute Gasteiger partial charge is 0.388 e. The van der Waals surface area contributed by atoms with Gasteiger partial charge in [-0.05, 0) is 12.2 Å². The fourth-order valence-corrected chi connectivity index (χ4v) is 3.48. The quantitative estimate of drug-likeness (QED) is 0.850. The van der Waals surface area contributed by atoms with E-state index in [1.54, 1.807) is 12.4 Å². The predicted molar refractivity (Wildman–Crippen MR) is 71.6 cm³/mol. The third-order valence-electron chi connectivity index (χ3n) is 3.24. The van der Waals surface area contributed by atoms with Crippen molar-refractivity contribution >= 4 is 17.4 Å². The second-order valence-corrected chi connectivity index (χ2v) is 5.79. The Morgan fingerprint density at radius 3 is 3.28 bits per heavy atom. The van der Waals surface area contributed by atoms with E-state index in [1.165, 1.54) is 0 Å². The zero-order chi connectivity index (χ0) is 12.4. The summed E-state index contributed by atoms with van der Waals surface area (Å²) in [5.41, 5.74) is 1.40. The fraction of sp³-hybridized carbons (Fsp3) is 0.500. The van der Waals surface area contributed by atoms with Crippen LogP contribution in [0.5, 0.6) is 0 Å². The molecule has 3 heterocycles. The first-order chi connectivity index (χ1) is 8.77. The second kappa shape index (κ2) is 4.87. The molecule has 0 aliphatic carbocycles. The van der Waals surface area contributed by atoms with Gasteiger partial charge in [-0.2, -0.15) is 11.8 Å². The average Bonchev–Trinajstić information content (AvgIpc) is 2.97. The molecule has 18 heavy (non-hydrogen) atoms. The molecule has 1 atom stereocenters. The van der Waals surface area contributed by atoms with Gasteiger partial charge in [0.1, 0.15) is 0 Å². The van der Waals surface area contributed by atoms with Crippen molar-refractivity contribution in [3.8, 4) is 0 Å². The van der Waals surface area contributed by atoms with Crippen molar-refractivity contribution < 1.29 is 5.11 Å². The summed E-state index contributed by atoms with van der Waals surface area (Å²) in [6.07, 6.45) is 8.11. The number of hydrogen-bond donors (Lipinski definition) is 2. The lowest BCUT2D eigenvalue weighted by molar-refractivity contribution is 0.0673. The zero-order valence-corrected chi connectivity index (χ0v) is 10.9. The molecule has 1 fully saturated rings. The van der Waals surface area contributed by atoms with Crippen LogP contribution in [0.2, 0.25) is 0 Å². The van der Waals surface area contributed by atoms with Gasteiger partial charge in [0, 0.05) is 31.2 Å². The number of rotatable bonds is 4. The van der Waals surface area contributed by atoms with Gasteiger partial charge in [0.2, 0.25) is 0 Å². The minimum Gasteiger partial charge on any atom is -0.388 e. The fourth-order valence-electron chi connectivity index (χ4n) is 2.18. The van der Waals surface area contributed by atoms with Crippen molar-refractivity contribution in [3.05, 3.63) is 30.5 Å². The van der Waals surface area contributed by atoms with Gasteiger partial charge in [0.25, 0.3) is 0 Å². The molecule has 0 spiro atoms. The van der Waals surface area contributed by atoms with Crippen LogP contribution >= 0.6 is 11.8 Å². The number of nitrogens with one attached hydrogen (secondary N) is 1. The molecule has 0 bridgehead atoms. The number of nitrogens with zero attached hydrogens (tertiary/aromatic N) is 3. The van der Waals surface area contributed by atoms with E-state index < -0.39 is 5.60 Å². The van der Waals surface area contributed by atoms with Gasteiger partial charge in [-0.25, -0.2) is 4.98 Å². The Bertz CT molecular complexity index is 536. The van der Waals surface area contributed by atoms with E-state index in [-0.39, 0.29) is 0 Å². The zero-order valence-electron chi connectivity index (χ0n) is 10.0. The minimum atomic E-state index is -0.535. The molecule has 6 heteroatoms. The maximum atomic E-state index is 10.2. The van der Waals surface area contributed by atoms with Crippen LogP contribution in [0, 0.1) is 0 Å². The van der Waals surface area contributed by atoms with Crippen molar-refractivity contribution in [2.75, 3.05) is 18.1 Å². The Labute approximate surface area is 110 Å². The molecule has 96 valence electrons. The first kappa shape index (κ1) is 12.0. The van der Waals surface area contributed by atoms with E-state index in [9.17, 15) is 5.11 Å². The standard InChI is InChI=1S/C12H16N4OS/c17-12(1-4-18-9-12)8-14-5-10-6-15-11-7-13-2-3-16(10)11/h2-3,6-7,14,17H,1,4-5,8-9H2. The molecule has 2 aromatic heterocycles. The topological polar surface area (TPSA) is 62.5 Å². The first-order valence-corrected chi connectivity index (χ1v) is 7.19. The van der Waals surface area contributed by atoms with E-state index in [0.717, 1.165) is 29.3 Å². The predicted octanol–water partition coefficient (Wildman–Crippen LogP) is 0.687. The summed E-state index contributed by atoms with van der Waals surface area (Å²) in [6, 6.07) is 0. The van der Waals surface area contributed by atoms with Crippen LogP contribution in [0.1, 0.15) is 12.1 Å². The van der Waals surface area contributed by atoms with Gasteiger partial charge in [0.15, 0.2) is 5.65 Å². The Hall–Kier alpha value is -1.11. The average molecular weight is 264 g/mol. The van der Waals surface area contributed by atoms with Crippen LogP contribution in [0.25, 0.3) is 5.65 Å². The molecule has 0 radical (unpaired) electrons. The molecule has 2 N–H and O–H groups in total. The molecule has 2 aromatic rings. The van der Waals surface area contributed by atoms with Gasteiger partial charge in [0.05, 0.1) is 23.7 Å². The lowest BCUT2D eigenvalue weighted by Gasteiger charge is -2.21. The molecule has 5 nitrogen and oxygen atoms in total. The van der Waals surface area contributed by atoms with Gasteiger partial charge >= 0.3 is 0 Å². The molecule has 0 saturated carbocycles. The Balaban J connectivity index is 1.63. The van der Waals surface area contributed by atoms with E-state index in [4.69, 9.17) is 0 Å². The number of aromatic nitrogens is 3. The molecule has 1 aliphatic rings. The van der Waals surface area contributed by atoms with Gasteiger partial charge in [-0.15, -0.1) is 0 Å². The highest BCUT2D eigenvalue weighted by molar-refractivity contribution is 7.99. The number of fused-ring (bicyclic) bond motifs is 1. The van der Waals surface area contributed by atoms with E-state index in [2.05, 4.69) is 15.3 Å². The highest BCUT2D eigenvalue weighted by Gasteiger charge is 2.31. The van der Waals surface area contributed by atoms with Crippen molar-refractivity contribution in [1.82, 2.24) is 19.7 Å². The molecule has 3 rings (SSSR count). The van der Waals surface area contributed by atoms with Crippen molar-refractivity contribution in [2.45, 2.75) is 18.6 Å². The molecule has 0 amide bonds. The SMILES string of the molecule is OC1(CNCc2cnc3cnccn23)CCSC1. The number of imidazole rings is 1. The lowest BCUT2D eigenvalue weighted by Crippen LogP contribution is -2.40. The number of hydrogen-bond acceptors (Lipinski definition) is 5. The van der Waals surface area contributed by atoms with Gasteiger partial charge in [-0.1, -0.05) is 0 Å². The van der Waals surface area contributed by atoms with Crippen molar-refractivity contribution in [2.24, 2.45) is 0 Å². The minimum absolute atomic E-state index is 0.535. The molecular weight excluding hydrogens is 248 g/mol. The van der Waals surface area contributed by atoms with Crippen LogP contribution in [-0.2, 0) is 6.54 Å². The number of aliphatic hydroxyl groups is 1. The summed E-state index contributed by atoms with van der Waals surface area (Å²) in [7, 11) is 0. The second-order valence-electron chi connectivity index (χ2n) is 4.68. The maximum absolute atomic E-state index is 10.2. The maximum Gasteiger partial charge on any atom is 0.155 e. The van der Waals surface area contributed by atoms with Crippen molar-refractivity contribution in [1.29, 1.82) is 0 Å². The van der Waals surface area contributed by atoms with Crippen LogP contribution in [0.3, 0.4) is 0 Å². The van der Waals surface area contributed by atoms with Crippen LogP contribution in [0.4, 0.5) is 0 Å². The molecule has 1 aliphatic heterocycles. The Morgan fingerprint density at radius 1 is 1.50 bits per heavy atom. The molecule has 1 unspecified atom stereocenters.